The topological polar surface area (TPSA) is 63.2 Å². The van der Waals surface area contributed by atoms with Gasteiger partial charge in [0.05, 0.1) is 13.2 Å². The van der Waals surface area contributed by atoms with E-state index in [1.165, 1.54) is 0 Å². The molecule has 2 aliphatic heterocycles. The zero-order valence-corrected chi connectivity index (χ0v) is 24.6. The first-order valence-corrected chi connectivity index (χ1v) is 16.1. The first-order chi connectivity index (χ1) is 20.4. The van der Waals surface area contributed by atoms with Crippen LogP contribution in [-0.2, 0) is 35.1 Å². The lowest BCUT2D eigenvalue weighted by molar-refractivity contribution is -0.223. The predicted molar refractivity (Wildman–Crippen MR) is 166 cm³/mol. The van der Waals surface area contributed by atoms with Gasteiger partial charge in [-0.15, -0.1) is 0 Å². The Morgan fingerprint density at radius 1 is 0.762 bits per heavy atom. The molecule has 7 heteroatoms. The summed E-state index contributed by atoms with van der Waals surface area (Å²) in [5.41, 5.74) is 1.05. The Kier molecular flexibility index (Phi) is 8.43. The maximum atomic E-state index is 14.1. The van der Waals surface area contributed by atoms with Crippen molar-refractivity contribution in [1.29, 1.82) is 0 Å². The number of benzene rings is 4. The van der Waals surface area contributed by atoms with Gasteiger partial charge in [0.15, 0.2) is 24.3 Å². The van der Waals surface area contributed by atoms with Crippen LogP contribution in [0, 0.1) is 0 Å². The quantitative estimate of drug-likeness (QED) is 0.209. The third-order valence-electron chi connectivity index (χ3n) is 7.52. The Balaban J connectivity index is 1.35. The van der Waals surface area contributed by atoms with Crippen LogP contribution in [0.3, 0.4) is 0 Å². The Bertz CT molecular complexity index is 1420. The van der Waals surface area contributed by atoms with Gasteiger partial charge in [0.1, 0.15) is 6.10 Å². The van der Waals surface area contributed by atoms with E-state index in [0.717, 1.165) is 21.5 Å². The molecule has 4 unspecified atom stereocenters. The minimum atomic E-state index is -2.54. The lowest BCUT2D eigenvalue weighted by Gasteiger charge is -2.29. The number of fused-ring (bicyclic) bond motifs is 1. The molecule has 2 fully saturated rings. The minimum Gasteiger partial charge on any atom is -0.453 e. The van der Waals surface area contributed by atoms with E-state index in [1.807, 2.05) is 98.8 Å². The fraction of sp³-hybridized carbons (Fsp3) is 0.257. The SMILES string of the molecule is CC1(C)OC2OC(COCc3ccccc3)C(OC(=O)C=P(c3ccccc3)(c3ccccc3)c3ccccc3)C2O1. The van der Waals surface area contributed by atoms with Gasteiger partial charge in [-0.25, -0.2) is 4.79 Å². The standard InChI is InChI=1S/C35H35O6P/c1-35(2)40-33-32(30(38-34(33)41-35)24-37-23-26-15-7-3-8-16-26)39-31(36)25-42(27-17-9-4-10-18-27,28-19-11-5-12-20-28)29-21-13-6-14-22-29/h3-22,25,30,32-34H,23-24H2,1-2H3. The van der Waals surface area contributed by atoms with E-state index in [0.29, 0.717) is 6.61 Å². The largest absolute Gasteiger partial charge is 0.453 e. The molecule has 0 radical (unpaired) electrons. The molecule has 216 valence electrons. The molecule has 0 amide bonds. The zero-order valence-electron chi connectivity index (χ0n) is 23.7. The van der Waals surface area contributed by atoms with Crippen LogP contribution in [0.2, 0.25) is 0 Å². The molecule has 2 saturated heterocycles. The van der Waals surface area contributed by atoms with Gasteiger partial charge in [-0.2, -0.15) is 0 Å². The molecule has 0 spiro atoms. The highest BCUT2D eigenvalue weighted by Gasteiger charge is 2.56. The molecule has 4 aromatic carbocycles. The third-order valence-corrected chi connectivity index (χ3v) is 11.5. The molecule has 0 bridgehead atoms. The highest BCUT2D eigenvalue weighted by atomic mass is 31.2. The summed E-state index contributed by atoms with van der Waals surface area (Å²) in [5.74, 6) is 0.493. The number of esters is 1. The van der Waals surface area contributed by atoms with Crippen molar-refractivity contribution >= 4 is 34.6 Å². The molecular weight excluding hydrogens is 547 g/mol. The van der Waals surface area contributed by atoms with E-state index >= 15 is 0 Å². The lowest BCUT2D eigenvalue weighted by atomic mass is 10.1. The molecule has 0 N–H and O–H groups in total. The first-order valence-electron chi connectivity index (χ1n) is 14.2. The van der Waals surface area contributed by atoms with Gasteiger partial charge in [-0.1, -0.05) is 121 Å². The summed E-state index contributed by atoms with van der Waals surface area (Å²) in [5, 5.41) is 3.18. The van der Waals surface area contributed by atoms with Crippen molar-refractivity contribution in [3.05, 3.63) is 127 Å². The number of hydrogen-bond donors (Lipinski definition) is 0. The monoisotopic (exact) mass is 582 g/mol. The van der Waals surface area contributed by atoms with E-state index in [4.69, 9.17) is 23.7 Å². The van der Waals surface area contributed by atoms with E-state index in [1.54, 1.807) is 5.80 Å². The summed E-state index contributed by atoms with van der Waals surface area (Å²) in [4.78, 5) is 14.1. The summed E-state index contributed by atoms with van der Waals surface area (Å²) < 4.78 is 30.7. The molecule has 0 saturated carbocycles. The highest BCUT2D eigenvalue weighted by Crippen LogP contribution is 2.44. The van der Waals surface area contributed by atoms with E-state index < -0.39 is 43.2 Å². The van der Waals surface area contributed by atoms with Gasteiger partial charge in [0.2, 0.25) is 0 Å². The number of rotatable bonds is 9. The fourth-order valence-electron chi connectivity index (χ4n) is 5.67. The van der Waals surface area contributed by atoms with Gasteiger partial charge in [-0.3, -0.25) is 0 Å². The number of carbonyl (C=O) groups is 1. The smallest absolute Gasteiger partial charge is 0.332 e. The summed E-state index contributed by atoms with van der Waals surface area (Å²) in [6.45, 7) is 1.76. The molecule has 4 aromatic rings. The average Bonchev–Trinajstić information content (AvgIpc) is 3.49. The van der Waals surface area contributed by atoms with Crippen LogP contribution in [0.5, 0.6) is 0 Å². The van der Waals surface area contributed by atoms with Crippen LogP contribution in [0.15, 0.2) is 121 Å². The predicted octanol–water partition coefficient (Wildman–Crippen LogP) is 4.79. The highest BCUT2D eigenvalue weighted by molar-refractivity contribution is 7.95. The second-order valence-corrected chi connectivity index (χ2v) is 14.2. The normalized spacial score (nSPS) is 22.8. The van der Waals surface area contributed by atoms with Crippen LogP contribution in [0.25, 0.3) is 0 Å². The Labute approximate surface area is 247 Å². The molecule has 2 aliphatic rings. The summed E-state index contributed by atoms with van der Waals surface area (Å²) in [6.07, 6.45) is -2.48. The van der Waals surface area contributed by atoms with Crippen molar-refractivity contribution in [1.82, 2.24) is 0 Å². The van der Waals surface area contributed by atoms with Crippen LogP contribution < -0.4 is 15.9 Å². The van der Waals surface area contributed by atoms with E-state index in [2.05, 4.69) is 36.4 Å². The second-order valence-electron chi connectivity index (χ2n) is 10.9. The van der Waals surface area contributed by atoms with Crippen molar-refractivity contribution in [2.24, 2.45) is 0 Å². The second kappa shape index (κ2) is 12.4. The van der Waals surface area contributed by atoms with Gasteiger partial charge < -0.3 is 23.7 Å². The van der Waals surface area contributed by atoms with Crippen LogP contribution in [0.4, 0.5) is 0 Å². The molecule has 0 aromatic heterocycles. The Morgan fingerprint density at radius 3 is 1.79 bits per heavy atom. The maximum absolute atomic E-state index is 14.1. The minimum absolute atomic E-state index is 0.226. The van der Waals surface area contributed by atoms with Crippen molar-refractivity contribution in [3.63, 3.8) is 0 Å². The summed E-state index contributed by atoms with van der Waals surface area (Å²) in [7, 11) is 0. The van der Waals surface area contributed by atoms with Crippen molar-refractivity contribution in [3.8, 4) is 0 Å². The molecule has 42 heavy (non-hydrogen) atoms. The number of ether oxygens (including phenoxy) is 5. The molecule has 6 nitrogen and oxygen atoms in total. The fourth-order valence-corrected chi connectivity index (χ4v) is 9.32. The summed E-state index contributed by atoms with van der Waals surface area (Å²) >= 11 is 0. The van der Waals surface area contributed by atoms with Crippen LogP contribution in [0.1, 0.15) is 19.4 Å². The van der Waals surface area contributed by atoms with Crippen LogP contribution >= 0.6 is 6.89 Å². The Morgan fingerprint density at radius 2 is 1.26 bits per heavy atom. The maximum Gasteiger partial charge on any atom is 0.332 e. The molecule has 4 atom stereocenters. The lowest BCUT2D eigenvalue weighted by Crippen LogP contribution is -2.41. The van der Waals surface area contributed by atoms with E-state index in [-0.39, 0.29) is 6.61 Å². The number of hydrogen-bond acceptors (Lipinski definition) is 6. The number of carbonyl (C=O) groups excluding carboxylic acids is 1. The summed E-state index contributed by atoms with van der Waals surface area (Å²) in [6, 6.07) is 40.5. The zero-order chi connectivity index (χ0) is 29.0. The molecule has 0 aliphatic carbocycles. The molecular formula is C35H35O6P. The van der Waals surface area contributed by atoms with Gasteiger partial charge >= 0.3 is 5.97 Å². The van der Waals surface area contributed by atoms with Gasteiger partial charge in [0.25, 0.3) is 0 Å². The molecule has 2 heterocycles. The van der Waals surface area contributed by atoms with Crippen molar-refractivity contribution < 1.29 is 28.5 Å². The van der Waals surface area contributed by atoms with Gasteiger partial charge in [0, 0.05) is 5.80 Å². The molecule has 6 rings (SSSR count). The average molecular weight is 583 g/mol. The van der Waals surface area contributed by atoms with Crippen LogP contribution in [-0.4, -0.2) is 48.8 Å². The first kappa shape index (κ1) is 28.6. The third kappa shape index (κ3) is 6.00. The van der Waals surface area contributed by atoms with Gasteiger partial charge in [-0.05, 0) is 42.2 Å². The Hall–Kier alpha value is -3.51. The van der Waals surface area contributed by atoms with E-state index in [9.17, 15) is 4.79 Å². The van der Waals surface area contributed by atoms with Crippen molar-refractivity contribution in [2.75, 3.05) is 6.61 Å². The van der Waals surface area contributed by atoms with Crippen molar-refractivity contribution in [2.45, 2.75) is 50.8 Å².